The van der Waals surface area contributed by atoms with Crippen LogP contribution in [-0.2, 0) is 6.54 Å². The smallest absolute Gasteiger partial charge is 0.137 e. The maximum absolute atomic E-state index is 10.6. The average Bonchev–Trinajstić information content (AvgIpc) is 2.67. The molecule has 0 radical (unpaired) electrons. The molecule has 0 aliphatic carbocycles. The molecule has 1 aromatic rings. The molecule has 1 rings (SSSR count). The second-order valence-corrected chi connectivity index (χ2v) is 5.29. The lowest BCUT2D eigenvalue weighted by molar-refractivity contribution is -0.0344. The molecular weight excluding hydrogens is 249 g/mol. The van der Waals surface area contributed by atoms with Gasteiger partial charge in [-0.1, -0.05) is 44.0 Å². The van der Waals surface area contributed by atoms with Crippen molar-refractivity contribution in [3.05, 3.63) is 23.2 Å². The summed E-state index contributed by atoms with van der Waals surface area (Å²) in [6.45, 7) is 5.85. The van der Waals surface area contributed by atoms with Gasteiger partial charge in [0.1, 0.15) is 18.3 Å². The first kappa shape index (κ1) is 13.5. The van der Waals surface area contributed by atoms with Crippen molar-refractivity contribution >= 4 is 23.2 Å². The van der Waals surface area contributed by atoms with Gasteiger partial charge in [0.25, 0.3) is 0 Å². The van der Waals surface area contributed by atoms with Gasteiger partial charge in [-0.15, -0.1) is 0 Å². The molecule has 0 unspecified atom stereocenters. The van der Waals surface area contributed by atoms with Crippen LogP contribution in [0.2, 0.25) is 0 Å². The molecule has 6 heteroatoms. The zero-order chi connectivity index (χ0) is 12.4. The Morgan fingerprint density at radius 3 is 2.50 bits per heavy atom. The first-order valence-electron chi connectivity index (χ1n) is 4.82. The average molecular weight is 264 g/mol. The summed E-state index contributed by atoms with van der Waals surface area (Å²) < 4.78 is 1.52. The minimum Gasteiger partial charge on any atom is -0.382 e. The predicted octanol–water partition coefficient (Wildman–Crippen LogP) is 2.37. The third-order valence-electron chi connectivity index (χ3n) is 2.59. The quantitative estimate of drug-likeness (QED) is 0.911. The summed E-state index contributed by atoms with van der Waals surface area (Å²) in [5, 5.41) is 14.8. The Morgan fingerprint density at radius 2 is 2.12 bits per heavy atom. The van der Waals surface area contributed by atoms with Crippen LogP contribution in [0.15, 0.2) is 23.2 Å². The lowest BCUT2D eigenvalue weighted by Gasteiger charge is -2.39. The Hall–Kier alpha value is -0.580. The fourth-order valence-corrected chi connectivity index (χ4v) is 1.83. The number of rotatable bonds is 3. The molecule has 0 bridgehead atoms. The van der Waals surface area contributed by atoms with Crippen LogP contribution in [0, 0.1) is 5.41 Å². The van der Waals surface area contributed by atoms with Crippen LogP contribution in [0.4, 0.5) is 0 Å². The Kier molecular flexibility index (Phi) is 3.99. The van der Waals surface area contributed by atoms with Gasteiger partial charge in [-0.25, -0.2) is 9.67 Å². The molecule has 0 saturated heterocycles. The molecule has 0 fully saturated rings. The molecule has 0 spiro atoms. The Bertz CT molecular complexity index is 370. The highest BCUT2D eigenvalue weighted by molar-refractivity contribution is 6.37. The van der Waals surface area contributed by atoms with Crippen molar-refractivity contribution in [1.82, 2.24) is 14.8 Å². The highest BCUT2D eigenvalue weighted by atomic mass is 35.5. The van der Waals surface area contributed by atoms with Crippen LogP contribution >= 0.6 is 23.2 Å². The lowest BCUT2D eigenvalue weighted by atomic mass is 9.76. The summed E-state index contributed by atoms with van der Waals surface area (Å²) >= 11 is 11.6. The molecule has 0 amide bonds. The second kappa shape index (κ2) is 4.73. The molecule has 0 aromatic carbocycles. The summed E-state index contributed by atoms with van der Waals surface area (Å²) in [4.78, 5) is 3.82. The van der Waals surface area contributed by atoms with Crippen LogP contribution in [0.1, 0.15) is 20.8 Å². The first-order chi connectivity index (χ1) is 7.31. The second-order valence-electron chi connectivity index (χ2n) is 4.66. The zero-order valence-electron chi connectivity index (χ0n) is 9.48. The van der Waals surface area contributed by atoms with Gasteiger partial charge in [0.05, 0.1) is 11.6 Å². The van der Waals surface area contributed by atoms with E-state index in [0.717, 1.165) is 0 Å². The highest BCUT2D eigenvalue weighted by Crippen LogP contribution is 2.39. The third-order valence-corrected chi connectivity index (χ3v) is 3.34. The largest absolute Gasteiger partial charge is 0.382 e. The van der Waals surface area contributed by atoms with Crippen LogP contribution in [0.25, 0.3) is 0 Å². The van der Waals surface area contributed by atoms with E-state index in [9.17, 15) is 5.11 Å². The summed E-state index contributed by atoms with van der Waals surface area (Å²) in [5.41, 5.74) is -0.560. The molecule has 1 aromatic heterocycles. The summed E-state index contributed by atoms with van der Waals surface area (Å²) in [5.74, 6) is 0. The number of hydrogen-bond donors (Lipinski definition) is 1. The molecule has 1 heterocycles. The van der Waals surface area contributed by atoms with Crippen molar-refractivity contribution in [2.75, 3.05) is 0 Å². The standard InChI is InChI=1S/C10H15Cl2N3O/c1-9(2,3)10(16,8(12)4-11)5-15-7-13-6-14-15/h4,6-7,16H,5H2,1-3H3/b8-4+/t10-/m1/s1. The normalized spacial score (nSPS) is 17.2. The topological polar surface area (TPSA) is 50.9 Å². The summed E-state index contributed by atoms with van der Waals surface area (Å²) in [7, 11) is 0. The molecule has 4 nitrogen and oxygen atoms in total. The van der Waals surface area contributed by atoms with Gasteiger partial charge in [-0.3, -0.25) is 0 Å². The molecule has 0 aliphatic heterocycles. The van der Waals surface area contributed by atoms with E-state index in [0.29, 0.717) is 0 Å². The van der Waals surface area contributed by atoms with Crippen LogP contribution in [-0.4, -0.2) is 25.5 Å². The van der Waals surface area contributed by atoms with E-state index in [1.807, 2.05) is 20.8 Å². The van der Waals surface area contributed by atoms with Crippen molar-refractivity contribution < 1.29 is 5.11 Å². The van der Waals surface area contributed by atoms with Gasteiger partial charge < -0.3 is 5.11 Å². The molecule has 0 aliphatic rings. The van der Waals surface area contributed by atoms with Crippen molar-refractivity contribution in [1.29, 1.82) is 0 Å². The minimum atomic E-state index is -1.27. The zero-order valence-corrected chi connectivity index (χ0v) is 11.0. The number of hydrogen-bond acceptors (Lipinski definition) is 3. The third kappa shape index (κ3) is 2.56. The van der Waals surface area contributed by atoms with E-state index in [1.54, 1.807) is 0 Å². The van der Waals surface area contributed by atoms with E-state index < -0.39 is 11.0 Å². The van der Waals surface area contributed by atoms with Gasteiger partial charge in [0, 0.05) is 5.54 Å². The molecule has 16 heavy (non-hydrogen) atoms. The van der Waals surface area contributed by atoms with Gasteiger partial charge in [0.2, 0.25) is 0 Å². The van der Waals surface area contributed by atoms with Crippen molar-refractivity contribution in [2.45, 2.75) is 32.9 Å². The molecular formula is C10H15Cl2N3O. The van der Waals surface area contributed by atoms with Crippen molar-refractivity contribution in [3.63, 3.8) is 0 Å². The van der Waals surface area contributed by atoms with E-state index in [1.165, 1.54) is 22.9 Å². The SMILES string of the molecule is CC(C)(C)[C@@](O)(Cn1cncn1)/C(Cl)=C\Cl. The lowest BCUT2D eigenvalue weighted by Crippen LogP contribution is -2.47. The fourth-order valence-electron chi connectivity index (χ4n) is 1.31. The number of halogens is 2. The van der Waals surface area contributed by atoms with Crippen LogP contribution in [0.3, 0.4) is 0 Å². The monoisotopic (exact) mass is 263 g/mol. The molecule has 90 valence electrons. The number of nitrogens with zero attached hydrogens (tertiary/aromatic N) is 3. The predicted molar refractivity (Wildman–Crippen MR) is 64.2 cm³/mol. The molecule has 1 N–H and O–H groups in total. The van der Waals surface area contributed by atoms with Crippen molar-refractivity contribution in [3.8, 4) is 0 Å². The number of aromatic nitrogens is 3. The van der Waals surface area contributed by atoms with E-state index in [2.05, 4.69) is 10.1 Å². The first-order valence-corrected chi connectivity index (χ1v) is 5.64. The van der Waals surface area contributed by atoms with E-state index in [4.69, 9.17) is 23.2 Å². The van der Waals surface area contributed by atoms with Crippen LogP contribution < -0.4 is 0 Å². The maximum atomic E-state index is 10.6. The van der Waals surface area contributed by atoms with Gasteiger partial charge in [0.15, 0.2) is 0 Å². The van der Waals surface area contributed by atoms with Crippen molar-refractivity contribution in [2.24, 2.45) is 5.41 Å². The highest BCUT2D eigenvalue weighted by Gasteiger charge is 2.43. The fraction of sp³-hybridized carbons (Fsp3) is 0.600. The van der Waals surface area contributed by atoms with Crippen LogP contribution in [0.5, 0.6) is 0 Å². The summed E-state index contributed by atoms with van der Waals surface area (Å²) in [6, 6.07) is 0. The number of aliphatic hydroxyl groups is 1. The van der Waals surface area contributed by atoms with E-state index in [-0.39, 0.29) is 11.6 Å². The Morgan fingerprint density at radius 1 is 1.50 bits per heavy atom. The van der Waals surface area contributed by atoms with Gasteiger partial charge >= 0.3 is 0 Å². The Balaban J connectivity index is 3.06. The maximum Gasteiger partial charge on any atom is 0.137 e. The van der Waals surface area contributed by atoms with Gasteiger partial charge in [-0.2, -0.15) is 5.10 Å². The summed E-state index contributed by atoms with van der Waals surface area (Å²) in [6.07, 6.45) is 2.93. The minimum absolute atomic E-state index is 0.192. The Labute approximate surface area is 105 Å². The van der Waals surface area contributed by atoms with Gasteiger partial charge in [-0.05, 0) is 5.41 Å². The molecule has 1 atom stereocenters. The molecule has 0 saturated carbocycles. The van der Waals surface area contributed by atoms with E-state index >= 15 is 0 Å².